The number of ether oxygens (including phenoxy) is 1. The molecular weight excluding hydrogens is 1090 g/mol. The molecule has 0 aromatic carbocycles. The first-order valence-corrected chi connectivity index (χ1v) is 41.4. The molecule has 0 rings (SSSR count). The minimum absolute atomic E-state index is 0.0219. The Bertz CT molecular complexity index is 1350. The van der Waals surface area contributed by atoms with Crippen molar-refractivity contribution in [3.8, 4) is 0 Å². The molecule has 3 N–H and O–H groups in total. The Morgan fingerprint density at radius 1 is 0.303 bits per heavy atom. The Hall–Kier alpha value is -1.40. The molecule has 2 unspecified atom stereocenters. The van der Waals surface area contributed by atoms with E-state index in [9.17, 15) is 19.8 Å². The minimum Gasteiger partial charge on any atom is -0.466 e. The van der Waals surface area contributed by atoms with Crippen molar-refractivity contribution in [3.05, 3.63) is 12.2 Å². The van der Waals surface area contributed by atoms with Crippen molar-refractivity contribution in [2.24, 2.45) is 0 Å². The van der Waals surface area contributed by atoms with Crippen LogP contribution in [0.25, 0.3) is 0 Å². The van der Waals surface area contributed by atoms with Crippen molar-refractivity contribution in [2.45, 2.75) is 495 Å². The van der Waals surface area contributed by atoms with Gasteiger partial charge in [0.2, 0.25) is 5.91 Å². The van der Waals surface area contributed by atoms with Crippen molar-refractivity contribution in [1.82, 2.24) is 5.32 Å². The summed E-state index contributed by atoms with van der Waals surface area (Å²) < 4.78 is 5.51. The van der Waals surface area contributed by atoms with E-state index < -0.39 is 12.1 Å². The fourth-order valence-electron chi connectivity index (χ4n) is 13.5. The Morgan fingerprint density at radius 2 is 0.528 bits per heavy atom. The zero-order valence-corrected chi connectivity index (χ0v) is 61.0. The van der Waals surface area contributed by atoms with Crippen LogP contribution in [0.5, 0.6) is 0 Å². The number of amides is 1. The molecule has 0 aliphatic carbocycles. The van der Waals surface area contributed by atoms with Crippen molar-refractivity contribution in [1.29, 1.82) is 0 Å². The summed E-state index contributed by atoms with van der Waals surface area (Å²) in [5.74, 6) is -0.00241. The maximum Gasteiger partial charge on any atom is 0.305 e. The van der Waals surface area contributed by atoms with E-state index in [1.807, 2.05) is 0 Å². The van der Waals surface area contributed by atoms with E-state index in [4.69, 9.17) is 4.74 Å². The van der Waals surface area contributed by atoms with E-state index in [2.05, 4.69) is 31.3 Å². The molecule has 0 aromatic rings. The van der Waals surface area contributed by atoms with Gasteiger partial charge >= 0.3 is 5.97 Å². The smallest absolute Gasteiger partial charge is 0.305 e. The maximum atomic E-state index is 12.5. The lowest BCUT2D eigenvalue weighted by atomic mass is 10.0. The number of esters is 1. The fraction of sp³-hybridized carbons (Fsp3) is 0.952. The Balaban J connectivity index is 3.28. The second-order valence-corrected chi connectivity index (χ2v) is 28.8. The maximum absolute atomic E-state index is 12.5. The zero-order valence-electron chi connectivity index (χ0n) is 61.0. The Labute approximate surface area is 559 Å². The number of aliphatic hydroxyl groups excluding tert-OH is 2. The molecule has 0 radical (unpaired) electrons. The molecule has 0 bridgehead atoms. The Morgan fingerprint density at radius 3 is 0.798 bits per heavy atom. The number of carbonyl (C=O) groups is 2. The molecule has 0 aliphatic rings. The van der Waals surface area contributed by atoms with Crippen LogP contribution < -0.4 is 5.32 Å². The van der Waals surface area contributed by atoms with Gasteiger partial charge in [-0.3, -0.25) is 9.59 Å². The highest BCUT2D eigenvalue weighted by atomic mass is 16.5. The normalized spacial score (nSPS) is 12.4. The van der Waals surface area contributed by atoms with Crippen LogP contribution in [0.1, 0.15) is 483 Å². The van der Waals surface area contributed by atoms with Crippen molar-refractivity contribution in [3.63, 3.8) is 0 Å². The number of rotatable bonds is 79. The van der Waals surface area contributed by atoms with Gasteiger partial charge in [0.25, 0.3) is 0 Å². The quantitative estimate of drug-likeness (QED) is 0.0320. The van der Waals surface area contributed by atoms with Gasteiger partial charge in [-0.1, -0.05) is 431 Å². The summed E-state index contributed by atoms with van der Waals surface area (Å²) in [7, 11) is 0. The molecular formula is C83H163NO5. The van der Waals surface area contributed by atoms with Crippen LogP contribution in [-0.2, 0) is 14.3 Å². The highest BCUT2D eigenvalue weighted by Gasteiger charge is 2.20. The van der Waals surface area contributed by atoms with Gasteiger partial charge in [-0.2, -0.15) is 0 Å². The number of aliphatic hydroxyl groups is 2. The van der Waals surface area contributed by atoms with Crippen LogP contribution in [-0.4, -0.2) is 47.4 Å². The van der Waals surface area contributed by atoms with E-state index in [1.165, 1.54) is 411 Å². The first-order valence-electron chi connectivity index (χ1n) is 41.4. The minimum atomic E-state index is -0.659. The predicted molar refractivity (Wildman–Crippen MR) is 394 cm³/mol. The summed E-state index contributed by atoms with van der Waals surface area (Å²) in [6, 6.07) is -0.536. The number of hydrogen-bond donors (Lipinski definition) is 3. The second kappa shape index (κ2) is 79.0. The number of allylic oxidation sites excluding steroid dienone is 2. The molecule has 0 aliphatic heterocycles. The summed E-state index contributed by atoms with van der Waals surface area (Å²) >= 11 is 0. The van der Waals surface area contributed by atoms with Gasteiger partial charge < -0.3 is 20.3 Å². The first-order chi connectivity index (χ1) is 44.0. The lowest BCUT2D eigenvalue weighted by molar-refractivity contribution is -0.143. The molecule has 0 saturated carbocycles. The van der Waals surface area contributed by atoms with E-state index in [-0.39, 0.29) is 18.5 Å². The van der Waals surface area contributed by atoms with Crippen LogP contribution in [0.4, 0.5) is 0 Å². The molecule has 89 heavy (non-hydrogen) atoms. The van der Waals surface area contributed by atoms with Crippen molar-refractivity contribution in [2.75, 3.05) is 13.2 Å². The third kappa shape index (κ3) is 75.5. The summed E-state index contributed by atoms with van der Waals surface area (Å²) in [4.78, 5) is 24.6. The van der Waals surface area contributed by atoms with Crippen LogP contribution in [0.15, 0.2) is 12.2 Å². The van der Waals surface area contributed by atoms with Gasteiger partial charge in [0.05, 0.1) is 25.4 Å². The molecule has 0 spiro atoms. The summed E-state index contributed by atoms with van der Waals surface area (Å²) in [6.45, 7) is 5.00. The first kappa shape index (κ1) is 87.6. The Kier molecular flexibility index (Phi) is 77.8. The molecule has 0 fully saturated rings. The highest BCUT2D eigenvalue weighted by Crippen LogP contribution is 2.21. The van der Waals surface area contributed by atoms with Crippen molar-refractivity contribution >= 4 is 11.9 Å². The van der Waals surface area contributed by atoms with Crippen LogP contribution in [0.3, 0.4) is 0 Å². The van der Waals surface area contributed by atoms with E-state index >= 15 is 0 Å². The third-order valence-corrected chi connectivity index (χ3v) is 19.8. The average molecular weight is 1260 g/mol. The highest BCUT2D eigenvalue weighted by molar-refractivity contribution is 5.76. The molecule has 6 heteroatoms. The van der Waals surface area contributed by atoms with Crippen molar-refractivity contribution < 1.29 is 24.5 Å². The van der Waals surface area contributed by atoms with Gasteiger partial charge in [-0.05, 0) is 51.4 Å². The number of unbranched alkanes of at least 4 members (excludes halogenated alkanes) is 66. The molecule has 0 saturated heterocycles. The van der Waals surface area contributed by atoms with E-state index in [0.29, 0.717) is 25.9 Å². The standard InChI is InChI=1S/C83H163NO5/c1-3-5-7-9-11-13-15-17-19-44-49-53-57-61-65-69-73-77-83(88)89-78-74-70-66-62-58-54-50-46-43-41-39-37-35-33-31-29-27-25-23-21-22-24-26-28-30-32-34-36-38-40-42-45-48-52-56-60-64-68-72-76-82(87)84-80(79-85)81(86)75-71-67-63-59-55-51-47-20-18-16-14-12-10-8-6-4-2/h17,19,80-81,85-86H,3-16,18,20-79H2,1-2H3,(H,84,87)/b19-17-. The summed E-state index contributed by atoms with van der Waals surface area (Å²) in [6.07, 6.45) is 100. The monoisotopic (exact) mass is 1250 g/mol. The van der Waals surface area contributed by atoms with Gasteiger partial charge in [0, 0.05) is 12.8 Å². The number of carbonyl (C=O) groups excluding carboxylic acids is 2. The zero-order chi connectivity index (χ0) is 64.2. The lowest BCUT2D eigenvalue weighted by Gasteiger charge is -2.22. The van der Waals surface area contributed by atoms with Crippen LogP contribution in [0, 0.1) is 0 Å². The van der Waals surface area contributed by atoms with Gasteiger partial charge in [-0.25, -0.2) is 0 Å². The van der Waals surface area contributed by atoms with Gasteiger partial charge in [-0.15, -0.1) is 0 Å². The molecule has 0 aromatic heterocycles. The molecule has 530 valence electrons. The number of hydrogen-bond acceptors (Lipinski definition) is 5. The molecule has 6 nitrogen and oxygen atoms in total. The summed E-state index contributed by atoms with van der Waals surface area (Å²) in [5.41, 5.74) is 0. The fourth-order valence-corrected chi connectivity index (χ4v) is 13.5. The molecule has 1 amide bonds. The average Bonchev–Trinajstić information content (AvgIpc) is 3.62. The molecule has 2 atom stereocenters. The van der Waals surface area contributed by atoms with Gasteiger partial charge in [0.1, 0.15) is 0 Å². The molecule has 0 heterocycles. The topological polar surface area (TPSA) is 95.9 Å². The summed E-state index contributed by atoms with van der Waals surface area (Å²) in [5, 5.41) is 23.4. The number of nitrogens with one attached hydrogen (secondary N) is 1. The second-order valence-electron chi connectivity index (χ2n) is 28.8. The van der Waals surface area contributed by atoms with Crippen LogP contribution >= 0.6 is 0 Å². The SMILES string of the molecule is CCCCCCCC/C=C\CCCCCCCCCC(=O)OCCCCCCCCCCCCCCCCCCCCCCCCCCCCCCCCCCCCCCCCCC(=O)NC(CO)C(O)CCCCCCCCCCCCCCCCCC. The third-order valence-electron chi connectivity index (χ3n) is 19.8. The lowest BCUT2D eigenvalue weighted by Crippen LogP contribution is -2.45. The van der Waals surface area contributed by atoms with Gasteiger partial charge in [0.15, 0.2) is 0 Å². The predicted octanol–water partition coefficient (Wildman–Crippen LogP) is 27.4. The van der Waals surface area contributed by atoms with Crippen LogP contribution in [0.2, 0.25) is 0 Å². The largest absolute Gasteiger partial charge is 0.466 e. The van der Waals surface area contributed by atoms with E-state index in [1.54, 1.807) is 0 Å². The van der Waals surface area contributed by atoms with E-state index in [0.717, 1.165) is 38.5 Å².